The Balaban J connectivity index is 1.21. The van der Waals surface area contributed by atoms with E-state index >= 15 is 0 Å². The highest BCUT2D eigenvalue weighted by molar-refractivity contribution is 7.98. The first kappa shape index (κ1) is 22.5. The van der Waals surface area contributed by atoms with Gasteiger partial charge in [0.25, 0.3) is 5.91 Å². The Morgan fingerprint density at radius 3 is 2.69 bits per heavy atom. The van der Waals surface area contributed by atoms with Crippen LogP contribution in [0.1, 0.15) is 16.1 Å². The van der Waals surface area contributed by atoms with E-state index in [2.05, 4.69) is 25.5 Å². The van der Waals surface area contributed by atoms with E-state index in [0.29, 0.717) is 28.5 Å². The second kappa shape index (κ2) is 9.90. The van der Waals surface area contributed by atoms with Gasteiger partial charge >= 0.3 is 0 Å². The molecule has 0 radical (unpaired) electrons. The standard InChI is InChI=1S/C25H22N6O3S/c1-33-18-8-11-20(21(13-18)34-2)23-27-25(30-29-23)28-24(32)16-6-9-19(10-7-16)35-15-17-14-31-12-4-3-5-22(31)26-17/h3-14H,15H2,1-2H3,(H2,27,28,29,30,32). The molecule has 35 heavy (non-hydrogen) atoms. The van der Waals surface area contributed by atoms with Crippen molar-refractivity contribution in [2.45, 2.75) is 10.6 Å². The number of rotatable bonds is 8. The van der Waals surface area contributed by atoms with Gasteiger partial charge in [-0.25, -0.2) is 4.98 Å². The molecule has 3 heterocycles. The first-order valence-corrected chi connectivity index (χ1v) is 11.7. The summed E-state index contributed by atoms with van der Waals surface area (Å²) in [5.74, 6) is 2.33. The number of aromatic nitrogens is 5. The van der Waals surface area contributed by atoms with Crippen molar-refractivity contribution in [1.82, 2.24) is 24.6 Å². The van der Waals surface area contributed by atoms with Crippen LogP contribution in [-0.4, -0.2) is 44.7 Å². The molecular weight excluding hydrogens is 464 g/mol. The topological polar surface area (TPSA) is 106 Å². The van der Waals surface area contributed by atoms with Gasteiger partial charge < -0.3 is 13.9 Å². The van der Waals surface area contributed by atoms with Gasteiger partial charge in [0.05, 0.1) is 25.5 Å². The molecule has 0 saturated heterocycles. The van der Waals surface area contributed by atoms with Crippen LogP contribution in [0.3, 0.4) is 0 Å². The van der Waals surface area contributed by atoms with E-state index < -0.39 is 0 Å². The Morgan fingerprint density at radius 1 is 1.06 bits per heavy atom. The van der Waals surface area contributed by atoms with Gasteiger partial charge in [0.15, 0.2) is 5.82 Å². The van der Waals surface area contributed by atoms with Gasteiger partial charge in [-0.1, -0.05) is 6.07 Å². The number of thioether (sulfide) groups is 1. The van der Waals surface area contributed by atoms with Gasteiger partial charge in [-0.05, 0) is 48.5 Å². The molecule has 3 aromatic heterocycles. The summed E-state index contributed by atoms with van der Waals surface area (Å²) in [5, 5.41) is 9.66. The Bertz CT molecular complexity index is 1450. The number of imidazole rings is 1. The minimum atomic E-state index is -0.297. The molecule has 1 amide bonds. The Morgan fingerprint density at radius 2 is 1.91 bits per heavy atom. The fraction of sp³-hybridized carbons (Fsp3) is 0.120. The van der Waals surface area contributed by atoms with Crippen LogP contribution in [-0.2, 0) is 5.75 Å². The molecule has 5 aromatic rings. The van der Waals surface area contributed by atoms with E-state index in [-0.39, 0.29) is 11.9 Å². The summed E-state index contributed by atoms with van der Waals surface area (Å²) in [6.45, 7) is 0. The maximum atomic E-state index is 12.7. The summed E-state index contributed by atoms with van der Waals surface area (Å²) in [7, 11) is 3.15. The highest BCUT2D eigenvalue weighted by Gasteiger charge is 2.14. The van der Waals surface area contributed by atoms with E-state index in [0.717, 1.165) is 22.0 Å². The van der Waals surface area contributed by atoms with Crippen LogP contribution >= 0.6 is 11.8 Å². The Kier molecular flexibility index (Phi) is 6.36. The first-order chi connectivity index (χ1) is 17.1. The van der Waals surface area contributed by atoms with Crippen molar-refractivity contribution in [3.63, 3.8) is 0 Å². The Hall–Kier alpha value is -4.31. The fourth-order valence-electron chi connectivity index (χ4n) is 3.52. The van der Waals surface area contributed by atoms with E-state index in [1.54, 1.807) is 50.2 Å². The van der Waals surface area contributed by atoms with Gasteiger partial charge in [-0.3, -0.25) is 15.2 Å². The van der Waals surface area contributed by atoms with Crippen molar-refractivity contribution in [2.75, 3.05) is 19.5 Å². The second-order valence-corrected chi connectivity index (χ2v) is 8.59. The third kappa shape index (κ3) is 4.97. The molecule has 0 aliphatic carbocycles. The summed E-state index contributed by atoms with van der Waals surface area (Å²) in [5.41, 5.74) is 3.14. The molecule has 0 aliphatic heterocycles. The number of carbonyl (C=O) groups excluding carboxylic acids is 1. The highest BCUT2D eigenvalue weighted by Crippen LogP contribution is 2.31. The normalized spacial score (nSPS) is 10.9. The molecule has 5 rings (SSSR count). The number of nitrogens with one attached hydrogen (secondary N) is 2. The molecule has 0 fully saturated rings. The lowest BCUT2D eigenvalue weighted by molar-refractivity contribution is 0.102. The van der Waals surface area contributed by atoms with Crippen molar-refractivity contribution < 1.29 is 14.3 Å². The maximum absolute atomic E-state index is 12.7. The average molecular weight is 487 g/mol. The van der Waals surface area contributed by atoms with Crippen molar-refractivity contribution in [3.05, 3.63) is 84.3 Å². The number of benzene rings is 2. The van der Waals surface area contributed by atoms with E-state index in [9.17, 15) is 4.79 Å². The number of ether oxygens (including phenoxy) is 2. The molecule has 0 aliphatic rings. The molecule has 2 aromatic carbocycles. The summed E-state index contributed by atoms with van der Waals surface area (Å²) in [4.78, 5) is 22.7. The highest BCUT2D eigenvalue weighted by atomic mass is 32.2. The number of pyridine rings is 1. The molecule has 176 valence electrons. The summed E-state index contributed by atoms with van der Waals surface area (Å²) < 4.78 is 12.6. The zero-order chi connectivity index (χ0) is 24.2. The first-order valence-electron chi connectivity index (χ1n) is 10.7. The van der Waals surface area contributed by atoms with Crippen molar-refractivity contribution in [1.29, 1.82) is 0 Å². The molecule has 0 spiro atoms. The summed E-state index contributed by atoms with van der Waals surface area (Å²) in [6.07, 6.45) is 4.01. The van der Waals surface area contributed by atoms with Gasteiger partial charge in [0.1, 0.15) is 17.1 Å². The van der Waals surface area contributed by atoms with Crippen molar-refractivity contribution >= 4 is 29.3 Å². The number of amides is 1. The smallest absolute Gasteiger partial charge is 0.258 e. The number of fused-ring (bicyclic) bond motifs is 1. The van der Waals surface area contributed by atoms with Gasteiger partial charge in [-0.15, -0.1) is 16.9 Å². The largest absolute Gasteiger partial charge is 0.497 e. The molecule has 0 saturated carbocycles. The van der Waals surface area contributed by atoms with Gasteiger partial charge in [0, 0.05) is 34.7 Å². The van der Waals surface area contributed by atoms with Gasteiger partial charge in [-0.2, -0.15) is 4.98 Å². The van der Waals surface area contributed by atoms with Crippen molar-refractivity contribution in [3.8, 4) is 22.9 Å². The monoisotopic (exact) mass is 486 g/mol. The van der Waals surface area contributed by atoms with Crippen LogP contribution in [0.2, 0.25) is 0 Å². The third-order valence-electron chi connectivity index (χ3n) is 5.29. The maximum Gasteiger partial charge on any atom is 0.258 e. The van der Waals surface area contributed by atoms with Crippen molar-refractivity contribution in [2.24, 2.45) is 0 Å². The lowest BCUT2D eigenvalue weighted by Crippen LogP contribution is -2.12. The van der Waals surface area contributed by atoms with E-state index in [1.165, 1.54) is 0 Å². The minimum absolute atomic E-state index is 0.174. The molecule has 2 N–H and O–H groups in total. The zero-order valence-corrected chi connectivity index (χ0v) is 19.9. The summed E-state index contributed by atoms with van der Waals surface area (Å²) in [6, 6.07) is 18.7. The fourth-order valence-corrected chi connectivity index (χ4v) is 4.30. The molecule has 0 bridgehead atoms. The van der Waals surface area contributed by atoms with Crippen LogP contribution < -0.4 is 14.8 Å². The number of nitrogens with zero attached hydrogens (tertiary/aromatic N) is 4. The number of carbonyl (C=O) groups is 1. The second-order valence-electron chi connectivity index (χ2n) is 7.54. The number of hydrogen-bond donors (Lipinski definition) is 2. The molecule has 10 heteroatoms. The molecule has 9 nitrogen and oxygen atoms in total. The molecular formula is C25H22N6O3S. The van der Waals surface area contributed by atoms with E-state index in [1.807, 2.05) is 53.2 Å². The number of methoxy groups -OCH3 is 2. The number of anilines is 1. The predicted octanol–water partition coefficient (Wildman–Crippen LogP) is 4.68. The minimum Gasteiger partial charge on any atom is -0.497 e. The van der Waals surface area contributed by atoms with Gasteiger partial charge in [0.2, 0.25) is 5.95 Å². The third-order valence-corrected chi connectivity index (χ3v) is 6.34. The lowest BCUT2D eigenvalue weighted by atomic mass is 10.2. The predicted molar refractivity (Wildman–Crippen MR) is 134 cm³/mol. The average Bonchev–Trinajstić information content (AvgIpc) is 3.54. The van der Waals surface area contributed by atoms with Crippen LogP contribution in [0.4, 0.5) is 5.95 Å². The summed E-state index contributed by atoms with van der Waals surface area (Å²) >= 11 is 1.66. The van der Waals surface area contributed by atoms with Crippen LogP contribution in [0.5, 0.6) is 11.5 Å². The zero-order valence-electron chi connectivity index (χ0n) is 19.1. The number of hydrogen-bond acceptors (Lipinski definition) is 7. The van der Waals surface area contributed by atoms with Crippen LogP contribution in [0.15, 0.2) is 78.0 Å². The molecule has 0 unspecified atom stereocenters. The quantitative estimate of drug-likeness (QED) is 0.307. The lowest BCUT2D eigenvalue weighted by Gasteiger charge is -2.07. The number of aromatic amines is 1. The number of H-pyrrole nitrogens is 1. The molecule has 0 atom stereocenters. The van der Waals surface area contributed by atoms with Crippen LogP contribution in [0, 0.1) is 0 Å². The Labute approximate surface area is 205 Å². The van der Waals surface area contributed by atoms with E-state index in [4.69, 9.17) is 9.47 Å². The van der Waals surface area contributed by atoms with Crippen LogP contribution in [0.25, 0.3) is 17.0 Å². The SMILES string of the molecule is COc1ccc(-c2nc(NC(=O)c3ccc(SCc4cn5ccccc5n4)cc3)n[nH]2)c(OC)c1.